The lowest BCUT2D eigenvalue weighted by Crippen LogP contribution is -2.16. The maximum Gasteiger partial charge on any atom is 0.417 e. The van der Waals surface area contributed by atoms with Crippen molar-refractivity contribution in [3.63, 3.8) is 0 Å². The maximum atomic E-state index is 11.8. The van der Waals surface area contributed by atoms with E-state index in [0.717, 1.165) is 11.1 Å². The minimum absolute atomic E-state index is 0.299. The fraction of sp³-hybridized carbons (Fsp3) is 0.118. The highest BCUT2D eigenvalue weighted by molar-refractivity contribution is 5.86. The Morgan fingerprint density at radius 1 is 1.24 bits per heavy atom. The van der Waals surface area contributed by atoms with E-state index in [1.54, 1.807) is 36.4 Å². The number of nitrogens with two attached hydrogens (primary N) is 1. The summed E-state index contributed by atoms with van der Waals surface area (Å²) < 4.78 is 5.16. The highest BCUT2D eigenvalue weighted by Crippen LogP contribution is 2.15. The minimum atomic E-state index is -0.539. The number of hydrogen-bond acceptors (Lipinski definition) is 3. The van der Waals surface area contributed by atoms with Gasteiger partial charge in [-0.05, 0) is 36.8 Å². The first-order valence-electron chi connectivity index (χ1n) is 6.52. The van der Waals surface area contributed by atoms with Gasteiger partial charge < -0.3 is 10.5 Å². The monoisotopic (exact) mass is 280 g/mol. The van der Waals surface area contributed by atoms with Gasteiger partial charge in [0.2, 0.25) is 0 Å². The van der Waals surface area contributed by atoms with Crippen molar-refractivity contribution >= 4 is 11.8 Å². The van der Waals surface area contributed by atoms with Gasteiger partial charge in [-0.2, -0.15) is 0 Å². The number of ether oxygens (including phenoxy) is 1. The van der Waals surface area contributed by atoms with Crippen molar-refractivity contribution < 1.29 is 9.53 Å². The predicted octanol–water partition coefficient (Wildman–Crippen LogP) is 2.92. The van der Waals surface area contributed by atoms with E-state index >= 15 is 0 Å². The number of para-hydroxylation sites is 1. The predicted molar refractivity (Wildman–Crippen MR) is 83.2 cm³/mol. The molecule has 0 aliphatic heterocycles. The second-order valence-corrected chi connectivity index (χ2v) is 4.36. The molecular weight excluding hydrogens is 264 g/mol. The molecule has 0 radical (unpaired) electrons. The zero-order valence-electron chi connectivity index (χ0n) is 11.7. The van der Waals surface area contributed by atoms with Crippen LogP contribution in [0.15, 0.2) is 48.5 Å². The molecule has 0 fully saturated rings. The van der Waals surface area contributed by atoms with Gasteiger partial charge in [0.25, 0.3) is 0 Å². The van der Waals surface area contributed by atoms with E-state index < -0.39 is 6.09 Å². The normalized spacial score (nSPS) is 9.43. The highest BCUT2D eigenvalue weighted by atomic mass is 16.6. The number of nitrogens with one attached hydrogen (secondary N) is 1. The van der Waals surface area contributed by atoms with Crippen LogP contribution in [0.1, 0.15) is 11.1 Å². The van der Waals surface area contributed by atoms with Crippen LogP contribution in [-0.2, 0) is 0 Å². The van der Waals surface area contributed by atoms with Crippen LogP contribution in [0.3, 0.4) is 0 Å². The van der Waals surface area contributed by atoms with Crippen LogP contribution in [0.5, 0.6) is 5.75 Å². The van der Waals surface area contributed by atoms with Crippen molar-refractivity contribution in [3.05, 3.63) is 59.7 Å². The number of carbonyl (C=O) groups excluding carboxylic acids is 1. The molecule has 106 valence electrons. The molecule has 0 saturated carbocycles. The minimum Gasteiger partial charge on any atom is -0.410 e. The Kier molecular flexibility index (Phi) is 4.97. The first-order chi connectivity index (χ1) is 10.2. The van der Waals surface area contributed by atoms with E-state index in [-0.39, 0.29) is 0 Å². The van der Waals surface area contributed by atoms with E-state index in [4.69, 9.17) is 10.5 Å². The Morgan fingerprint density at radius 2 is 2.00 bits per heavy atom. The van der Waals surface area contributed by atoms with Gasteiger partial charge in [0.1, 0.15) is 5.75 Å². The highest BCUT2D eigenvalue weighted by Gasteiger charge is 2.06. The molecule has 2 rings (SSSR count). The Labute approximate surface area is 123 Å². The summed E-state index contributed by atoms with van der Waals surface area (Å²) >= 11 is 0. The number of aryl methyl sites for hydroxylation is 1. The Morgan fingerprint density at radius 3 is 2.71 bits per heavy atom. The Bertz CT molecular complexity index is 685. The first-order valence-corrected chi connectivity index (χ1v) is 6.52. The molecule has 4 heteroatoms. The average Bonchev–Trinajstić information content (AvgIpc) is 2.48. The van der Waals surface area contributed by atoms with Gasteiger partial charge in [-0.1, -0.05) is 36.1 Å². The van der Waals surface area contributed by atoms with Gasteiger partial charge in [0.15, 0.2) is 0 Å². The Hall–Kier alpha value is -2.77. The third-order valence-corrected chi connectivity index (χ3v) is 2.76. The Balaban J connectivity index is 2.07. The molecule has 0 aromatic heterocycles. The van der Waals surface area contributed by atoms with Crippen molar-refractivity contribution in [2.45, 2.75) is 6.92 Å². The summed E-state index contributed by atoms with van der Waals surface area (Å²) in [5, 5.41) is 2.67. The van der Waals surface area contributed by atoms with Gasteiger partial charge in [-0.15, -0.1) is 0 Å². The maximum absolute atomic E-state index is 11.8. The van der Waals surface area contributed by atoms with Gasteiger partial charge in [0, 0.05) is 11.3 Å². The molecule has 21 heavy (non-hydrogen) atoms. The number of carbonyl (C=O) groups is 1. The van der Waals surface area contributed by atoms with Crippen molar-refractivity contribution in [2.24, 2.45) is 5.73 Å². The summed E-state index contributed by atoms with van der Waals surface area (Å²) in [4.78, 5) is 11.8. The lowest BCUT2D eigenvalue weighted by atomic mass is 10.1. The van der Waals surface area contributed by atoms with E-state index in [1.807, 2.05) is 19.1 Å². The molecule has 0 spiro atoms. The molecule has 0 atom stereocenters. The van der Waals surface area contributed by atoms with Crippen LogP contribution in [0.2, 0.25) is 0 Å². The van der Waals surface area contributed by atoms with Crippen LogP contribution >= 0.6 is 0 Å². The van der Waals surface area contributed by atoms with E-state index in [2.05, 4.69) is 17.2 Å². The standard InChI is InChI=1S/C17H16N2O2/c1-13-9-10-15(12-14(13)6-5-11-18)19-17(20)21-16-7-3-2-4-8-16/h2-4,7-10,12H,11,18H2,1H3,(H,19,20). The molecule has 3 N–H and O–H groups in total. The number of rotatable bonds is 2. The molecule has 4 nitrogen and oxygen atoms in total. The van der Waals surface area contributed by atoms with Crippen LogP contribution in [0.25, 0.3) is 0 Å². The lowest BCUT2D eigenvalue weighted by Gasteiger charge is -2.08. The van der Waals surface area contributed by atoms with Crippen molar-refractivity contribution in [1.82, 2.24) is 0 Å². The molecule has 2 aromatic carbocycles. The SMILES string of the molecule is Cc1ccc(NC(=O)Oc2ccccc2)cc1C#CCN. The third kappa shape index (κ3) is 4.37. The molecule has 1 amide bonds. The van der Waals surface area contributed by atoms with Crippen molar-refractivity contribution in [1.29, 1.82) is 0 Å². The van der Waals surface area contributed by atoms with Crippen LogP contribution in [0.4, 0.5) is 10.5 Å². The number of amides is 1. The summed E-state index contributed by atoms with van der Waals surface area (Å²) in [6.45, 7) is 2.25. The second kappa shape index (κ2) is 7.13. The average molecular weight is 280 g/mol. The molecule has 0 aliphatic rings. The molecule has 0 bridgehead atoms. The number of benzene rings is 2. The molecule has 2 aromatic rings. The lowest BCUT2D eigenvalue weighted by molar-refractivity contribution is 0.215. The molecule has 0 heterocycles. The quantitative estimate of drug-likeness (QED) is 0.831. The van der Waals surface area contributed by atoms with Crippen LogP contribution < -0.4 is 15.8 Å². The summed E-state index contributed by atoms with van der Waals surface area (Å²) in [6, 6.07) is 14.4. The van der Waals surface area contributed by atoms with Crippen molar-refractivity contribution in [2.75, 3.05) is 11.9 Å². The van der Waals surface area contributed by atoms with E-state index in [1.165, 1.54) is 0 Å². The first kappa shape index (κ1) is 14.6. The summed E-state index contributed by atoms with van der Waals surface area (Å²) in [7, 11) is 0. The van der Waals surface area contributed by atoms with Gasteiger partial charge in [0.05, 0.1) is 6.54 Å². The smallest absolute Gasteiger partial charge is 0.410 e. The number of hydrogen-bond donors (Lipinski definition) is 2. The van der Waals surface area contributed by atoms with E-state index in [9.17, 15) is 4.79 Å². The third-order valence-electron chi connectivity index (χ3n) is 2.76. The molecule has 0 unspecified atom stereocenters. The number of anilines is 1. The fourth-order valence-corrected chi connectivity index (χ4v) is 1.72. The molecular formula is C17H16N2O2. The van der Waals surface area contributed by atoms with Crippen LogP contribution in [0, 0.1) is 18.8 Å². The summed E-state index contributed by atoms with van der Waals surface area (Å²) in [5.74, 6) is 6.26. The largest absolute Gasteiger partial charge is 0.417 e. The summed E-state index contributed by atoms with van der Waals surface area (Å²) in [5.41, 5.74) is 7.85. The zero-order valence-corrected chi connectivity index (χ0v) is 11.7. The molecule has 0 saturated heterocycles. The van der Waals surface area contributed by atoms with Crippen LogP contribution in [-0.4, -0.2) is 12.6 Å². The van der Waals surface area contributed by atoms with Gasteiger partial charge >= 0.3 is 6.09 Å². The van der Waals surface area contributed by atoms with E-state index in [0.29, 0.717) is 18.0 Å². The topological polar surface area (TPSA) is 64.3 Å². The second-order valence-electron chi connectivity index (χ2n) is 4.36. The zero-order chi connectivity index (χ0) is 15.1. The van der Waals surface area contributed by atoms with Gasteiger partial charge in [-0.25, -0.2) is 4.79 Å². The summed E-state index contributed by atoms with van der Waals surface area (Å²) in [6.07, 6.45) is -0.539. The molecule has 0 aliphatic carbocycles. The van der Waals surface area contributed by atoms with Crippen molar-refractivity contribution in [3.8, 4) is 17.6 Å². The van der Waals surface area contributed by atoms with Gasteiger partial charge in [-0.3, -0.25) is 5.32 Å². The fourth-order valence-electron chi connectivity index (χ4n) is 1.72.